The zero-order valence-corrected chi connectivity index (χ0v) is 8.68. The van der Waals surface area contributed by atoms with Gasteiger partial charge in [-0.15, -0.1) is 0 Å². The maximum atomic E-state index is 11.1. The first-order chi connectivity index (χ1) is 6.16. The van der Waals surface area contributed by atoms with E-state index in [1.54, 1.807) is 6.92 Å². The van der Waals surface area contributed by atoms with Crippen LogP contribution in [-0.2, 0) is 4.79 Å². The minimum Gasteiger partial charge on any atom is -0.393 e. The van der Waals surface area contributed by atoms with Gasteiger partial charge in [0.15, 0.2) is 0 Å². The smallest absolute Gasteiger partial charge is 0.220 e. The summed E-state index contributed by atoms with van der Waals surface area (Å²) in [5.41, 5.74) is 0. The van der Waals surface area contributed by atoms with E-state index in [0.717, 1.165) is 19.4 Å². The lowest BCUT2D eigenvalue weighted by atomic mass is 10.2. The minimum absolute atomic E-state index is 0.0528. The molecule has 0 spiro atoms. The van der Waals surface area contributed by atoms with Crippen LogP contribution in [0.2, 0.25) is 0 Å². The van der Waals surface area contributed by atoms with Gasteiger partial charge in [-0.1, -0.05) is 19.8 Å². The second kappa shape index (κ2) is 8.05. The highest BCUT2D eigenvalue weighted by atomic mass is 16.3. The van der Waals surface area contributed by atoms with Crippen LogP contribution in [0.3, 0.4) is 0 Å². The van der Waals surface area contributed by atoms with Crippen molar-refractivity contribution in [2.24, 2.45) is 0 Å². The Bertz CT molecular complexity index is 135. The highest BCUT2D eigenvalue weighted by Crippen LogP contribution is 1.96. The molecule has 0 aromatic heterocycles. The average Bonchev–Trinajstić information content (AvgIpc) is 2.09. The van der Waals surface area contributed by atoms with Crippen molar-refractivity contribution in [3.05, 3.63) is 0 Å². The van der Waals surface area contributed by atoms with Gasteiger partial charge in [0, 0.05) is 13.0 Å². The van der Waals surface area contributed by atoms with E-state index in [0.29, 0.717) is 12.8 Å². The van der Waals surface area contributed by atoms with E-state index in [4.69, 9.17) is 5.11 Å². The van der Waals surface area contributed by atoms with Gasteiger partial charge < -0.3 is 10.4 Å². The minimum atomic E-state index is -0.374. The number of nitrogens with one attached hydrogen (secondary N) is 1. The molecule has 0 fully saturated rings. The van der Waals surface area contributed by atoms with Gasteiger partial charge >= 0.3 is 0 Å². The SMILES string of the molecule is CCCCCNC(=O)CCC(C)O. The summed E-state index contributed by atoms with van der Waals surface area (Å²) in [6.45, 7) is 4.60. The van der Waals surface area contributed by atoms with Gasteiger partial charge in [-0.05, 0) is 19.8 Å². The fourth-order valence-corrected chi connectivity index (χ4v) is 1.03. The highest BCUT2D eigenvalue weighted by molar-refractivity contribution is 5.75. The molecule has 1 amide bonds. The van der Waals surface area contributed by atoms with Gasteiger partial charge in [0.05, 0.1) is 6.10 Å². The summed E-state index contributed by atoms with van der Waals surface area (Å²) in [7, 11) is 0. The zero-order chi connectivity index (χ0) is 10.1. The number of carbonyl (C=O) groups excluding carboxylic acids is 1. The van der Waals surface area contributed by atoms with E-state index >= 15 is 0 Å². The second-order valence-corrected chi connectivity index (χ2v) is 3.44. The molecule has 0 saturated carbocycles. The first-order valence-electron chi connectivity index (χ1n) is 5.11. The summed E-state index contributed by atoms with van der Waals surface area (Å²) >= 11 is 0. The Morgan fingerprint density at radius 2 is 2.15 bits per heavy atom. The topological polar surface area (TPSA) is 49.3 Å². The van der Waals surface area contributed by atoms with Crippen molar-refractivity contribution < 1.29 is 9.90 Å². The lowest BCUT2D eigenvalue weighted by Gasteiger charge is -2.05. The Hall–Kier alpha value is -0.570. The van der Waals surface area contributed by atoms with Crippen LogP contribution in [0.15, 0.2) is 0 Å². The van der Waals surface area contributed by atoms with Crippen LogP contribution in [0, 0.1) is 0 Å². The molecule has 78 valence electrons. The van der Waals surface area contributed by atoms with E-state index < -0.39 is 0 Å². The number of rotatable bonds is 7. The molecule has 0 aliphatic heterocycles. The summed E-state index contributed by atoms with van der Waals surface area (Å²) in [5.74, 6) is 0.0528. The molecule has 0 aromatic carbocycles. The molecule has 0 heterocycles. The first-order valence-corrected chi connectivity index (χ1v) is 5.11. The van der Waals surface area contributed by atoms with Crippen LogP contribution in [-0.4, -0.2) is 23.7 Å². The van der Waals surface area contributed by atoms with Crippen LogP contribution in [0.4, 0.5) is 0 Å². The molecule has 2 N–H and O–H groups in total. The fraction of sp³-hybridized carbons (Fsp3) is 0.900. The molecular weight excluding hydrogens is 166 g/mol. The molecular formula is C10H21NO2. The third-order valence-corrected chi connectivity index (χ3v) is 1.89. The number of amides is 1. The molecule has 1 atom stereocenters. The van der Waals surface area contributed by atoms with Gasteiger partial charge in [0.2, 0.25) is 5.91 Å². The summed E-state index contributed by atoms with van der Waals surface area (Å²) < 4.78 is 0. The van der Waals surface area contributed by atoms with E-state index in [9.17, 15) is 4.79 Å². The largest absolute Gasteiger partial charge is 0.393 e. The lowest BCUT2D eigenvalue weighted by Crippen LogP contribution is -2.25. The molecule has 0 rings (SSSR count). The molecule has 13 heavy (non-hydrogen) atoms. The highest BCUT2D eigenvalue weighted by Gasteiger charge is 2.02. The Morgan fingerprint density at radius 3 is 2.69 bits per heavy atom. The predicted octanol–water partition coefficient (Wildman–Crippen LogP) is 1.45. The first kappa shape index (κ1) is 12.4. The average molecular weight is 187 g/mol. The second-order valence-electron chi connectivity index (χ2n) is 3.44. The standard InChI is InChI=1S/C10H21NO2/c1-3-4-5-8-11-10(13)7-6-9(2)12/h9,12H,3-8H2,1-2H3,(H,11,13). The summed E-state index contributed by atoms with van der Waals surface area (Å²) in [5, 5.41) is 11.8. The fourth-order valence-electron chi connectivity index (χ4n) is 1.03. The van der Waals surface area contributed by atoms with E-state index in [1.165, 1.54) is 6.42 Å². The van der Waals surface area contributed by atoms with Crippen LogP contribution in [0.1, 0.15) is 46.0 Å². The molecule has 0 aliphatic carbocycles. The van der Waals surface area contributed by atoms with Crippen LogP contribution < -0.4 is 5.32 Å². The quantitative estimate of drug-likeness (QED) is 0.593. The number of hydrogen-bond acceptors (Lipinski definition) is 2. The van der Waals surface area contributed by atoms with Crippen molar-refractivity contribution in [1.82, 2.24) is 5.32 Å². The third-order valence-electron chi connectivity index (χ3n) is 1.89. The number of hydrogen-bond donors (Lipinski definition) is 2. The zero-order valence-electron chi connectivity index (χ0n) is 8.68. The number of aliphatic hydroxyl groups is 1. The summed E-state index contributed by atoms with van der Waals surface area (Å²) in [6, 6.07) is 0. The summed E-state index contributed by atoms with van der Waals surface area (Å²) in [4.78, 5) is 11.1. The van der Waals surface area contributed by atoms with E-state index in [2.05, 4.69) is 12.2 Å². The van der Waals surface area contributed by atoms with Crippen LogP contribution in [0.5, 0.6) is 0 Å². The van der Waals surface area contributed by atoms with Crippen LogP contribution >= 0.6 is 0 Å². The van der Waals surface area contributed by atoms with Gasteiger partial charge in [0.1, 0.15) is 0 Å². The molecule has 0 bridgehead atoms. The Kier molecular flexibility index (Phi) is 7.69. The molecule has 0 saturated heterocycles. The Labute approximate surface area is 80.5 Å². The Morgan fingerprint density at radius 1 is 1.46 bits per heavy atom. The molecule has 0 aliphatic rings. The van der Waals surface area contributed by atoms with Crippen molar-refractivity contribution in [2.45, 2.75) is 52.1 Å². The van der Waals surface area contributed by atoms with Gasteiger partial charge in [-0.2, -0.15) is 0 Å². The monoisotopic (exact) mass is 187 g/mol. The molecule has 3 nitrogen and oxygen atoms in total. The van der Waals surface area contributed by atoms with Gasteiger partial charge in [-0.3, -0.25) is 4.79 Å². The number of carbonyl (C=O) groups is 1. The molecule has 1 unspecified atom stereocenters. The summed E-state index contributed by atoms with van der Waals surface area (Å²) in [6.07, 6.45) is 4.00. The van der Waals surface area contributed by atoms with Crippen molar-refractivity contribution >= 4 is 5.91 Å². The number of aliphatic hydroxyl groups excluding tert-OH is 1. The van der Waals surface area contributed by atoms with Gasteiger partial charge in [-0.25, -0.2) is 0 Å². The maximum absolute atomic E-state index is 11.1. The predicted molar refractivity (Wildman–Crippen MR) is 53.4 cm³/mol. The number of unbranched alkanes of at least 4 members (excludes halogenated alkanes) is 2. The van der Waals surface area contributed by atoms with Gasteiger partial charge in [0.25, 0.3) is 0 Å². The van der Waals surface area contributed by atoms with Crippen molar-refractivity contribution in [3.63, 3.8) is 0 Å². The van der Waals surface area contributed by atoms with Crippen LogP contribution in [0.25, 0.3) is 0 Å². The molecule has 3 heteroatoms. The normalized spacial score (nSPS) is 12.5. The molecule has 0 radical (unpaired) electrons. The van der Waals surface area contributed by atoms with Crippen molar-refractivity contribution in [2.75, 3.05) is 6.54 Å². The third kappa shape index (κ3) is 9.34. The molecule has 0 aromatic rings. The lowest BCUT2D eigenvalue weighted by molar-refractivity contribution is -0.121. The van der Waals surface area contributed by atoms with E-state index in [-0.39, 0.29) is 12.0 Å². The van der Waals surface area contributed by atoms with E-state index in [1.807, 2.05) is 0 Å². The Balaban J connectivity index is 3.20. The van der Waals surface area contributed by atoms with Crippen molar-refractivity contribution in [1.29, 1.82) is 0 Å². The van der Waals surface area contributed by atoms with Crippen molar-refractivity contribution in [3.8, 4) is 0 Å². The maximum Gasteiger partial charge on any atom is 0.220 e.